The Bertz CT molecular complexity index is 1870. The lowest BCUT2D eigenvalue weighted by molar-refractivity contribution is -0.138. The Labute approximate surface area is 258 Å². The average molecular weight is 641 g/mol. The molecule has 1 saturated heterocycles. The molecular weight excluding hydrogens is 609 g/mol. The number of amides is 1. The van der Waals surface area contributed by atoms with Gasteiger partial charge in [0.15, 0.2) is 5.65 Å². The first-order valence-corrected chi connectivity index (χ1v) is 15.5. The molecule has 236 valence electrons. The normalized spacial score (nSPS) is 14.7. The van der Waals surface area contributed by atoms with Crippen molar-refractivity contribution in [2.75, 3.05) is 44.6 Å². The Morgan fingerprint density at radius 1 is 1.07 bits per heavy atom. The number of rotatable bonds is 8. The molecule has 3 heterocycles. The minimum absolute atomic E-state index is 0.00816. The van der Waals surface area contributed by atoms with Crippen molar-refractivity contribution in [3.8, 4) is 11.8 Å². The van der Waals surface area contributed by atoms with Crippen LogP contribution in [-0.2, 0) is 22.9 Å². The second kappa shape index (κ2) is 13.3. The van der Waals surface area contributed by atoms with E-state index in [0.29, 0.717) is 43.1 Å². The average Bonchev–Trinajstić information content (AvgIpc) is 3.41. The van der Waals surface area contributed by atoms with Crippen LogP contribution < -0.4 is 15.8 Å². The zero-order valence-electron chi connectivity index (χ0n) is 24.3. The van der Waals surface area contributed by atoms with Gasteiger partial charge < -0.3 is 10.6 Å². The van der Waals surface area contributed by atoms with Gasteiger partial charge in [0, 0.05) is 68.8 Å². The third-order valence-electron chi connectivity index (χ3n) is 7.39. The second-order valence-electron chi connectivity index (χ2n) is 10.5. The van der Waals surface area contributed by atoms with Gasteiger partial charge in [0.05, 0.1) is 11.8 Å². The number of piperazine rings is 1. The van der Waals surface area contributed by atoms with Crippen LogP contribution in [0.2, 0.25) is 0 Å². The summed E-state index contributed by atoms with van der Waals surface area (Å²) in [4.78, 5) is 19.3. The molecule has 2 aromatic carbocycles. The third-order valence-corrected chi connectivity index (χ3v) is 8.47. The molecule has 5 rings (SSSR count). The number of hydrogen-bond acceptors (Lipinski definition) is 7. The van der Waals surface area contributed by atoms with Gasteiger partial charge in [0.2, 0.25) is 0 Å². The molecule has 11 nitrogen and oxygen atoms in total. The zero-order chi connectivity index (χ0) is 32.2. The Morgan fingerprint density at radius 3 is 2.58 bits per heavy atom. The number of nitrogens with zero attached hydrogens (tertiary/aromatic N) is 5. The number of alkyl halides is 3. The number of anilines is 1. The summed E-state index contributed by atoms with van der Waals surface area (Å²) in [6.45, 7) is 4.23. The molecule has 1 amide bonds. The van der Waals surface area contributed by atoms with Crippen LogP contribution in [0, 0.1) is 18.8 Å². The van der Waals surface area contributed by atoms with E-state index in [0.717, 1.165) is 11.6 Å². The molecule has 0 atom stereocenters. The van der Waals surface area contributed by atoms with Crippen LogP contribution >= 0.6 is 0 Å². The number of benzene rings is 2. The molecule has 0 bridgehead atoms. The van der Waals surface area contributed by atoms with Gasteiger partial charge in [-0.1, -0.05) is 18.1 Å². The van der Waals surface area contributed by atoms with Crippen molar-refractivity contribution < 1.29 is 26.4 Å². The molecule has 1 fully saturated rings. The molecule has 45 heavy (non-hydrogen) atoms. The molecule has 4 aromatic rings. The first-order chi connectivity index (χ1) is 21.4. The van der Waals surface area contributed by atoms with Crippen molar-refractivity contribution in [3.05, 3.63) is 94.4 Å². The van der Waals surface area contributed by atoms with Crippen LogP contribution in [0.3, 0.4) is 0 Å². The molecule has 0 aliphatic carbocycles. The molecule has 1 aliphatic heterocycles. The van der Waals surface area contributed by atoms with E-state index in [2.05, 4.69) is 32.6 Å². The van der Waals surface area contributed by atoms with Gasteiger partial charge in [0.25, 0.3) is 16.1 Å². The Hall–Kier alpha value is -4.33. The van der Waals surface area contributed by atoms with Crippen LogP contribution in [0.5, 0.6) is 0 Å². The van der Waals surface area contributed by atoms with Gasteiger partial charge >= 0.3 is 6.18 Å². The van der Waals surface area contributed by atoms with Crippen LogP contribution in [0.1, 0.15) is 38.3 Å². The van der Waals surface area contributed by atoms with Gasteiger partial charge in [-0.3, -0.25) is 9.69 Å². The maximum absolute atomic E-state index is 14.0. The SMILES string of the molecule is Cc1ccc(C(=O)Nc2ccc(CNCCN3CCN(S(N)(=O)=O)CC3)c(C(F)(F)F)c2)cc1C#Cc1cnc2cccnn12. The highest BCUT2D eigenvalue weighted by Crippen LogP contribution is 2.34. The maximum Gasteiger partial charge on any atom is 0.416 e. The van der Waals surface area contributed by atoms with Crippen molar-refractivity contribution in [1.29, 1.82) is 0 Å². The van der Waals surface area contributed by atoms with Crippen molar-refractivity contribution in [2.24, 2.45) is 5.14 Å². The predicted octanol–water partition coefficient (Wildman–Crippen LogP) is 2.62. The Morgan fingerprint density at radius 2 is 1.84 bits per heavy atom. The first-order valence-electron chi connectivity index (χ1n) is 14.0. The van der Waals surface area contributed by atoms with Crippen LogP contribution in [0.4, 0.5) is 18.9 Å². The maximum atomic E-state index is 14.0. The van der Waals surface area contributed by atoms with E-state index in [9.17, 15) is 26.4 Å². The van der Waals surface area contributed by atoms with Crippen molar-refractivity contribution in [3.63, 3.8) is 0 Å². The van der Waals surface area contributed by atoms with Crippen LogP contribution in [0.15, 0.2) is 60.9 Å². The van der Waals surface area contributed by atoms with E-state index in [-0.39, 0.29) is 36.4 Å². The van der Waals surface area contributed by atoms with Gasteiger partial charge in [-0.15, -0.1) is 0 Å². The lowest BCUT2D eigenvalue weighted by atomic mass is 10.0. The lowest BCUT2D eigenvalue weighted by Gasteiger charge is -2.32. The molecule has 0 saturated carbocycles. The summed E-state index contributed by atoms with van der Waals surface area (Å²) in [6, 6.07) is 12.2. The molecule has 4 N–H and O–H groups in total. The number of imidazole rings is 1. The monoisotopic (exact) mass is 640 g/mol. The Balaban J connectivity index is 1.22. The highest BCUT2D eigenvalue weighted by molar-refractivity contribution is 7.86. The largest absolute Gasteiger partial charge is 0.416 e. The van der Waals surface area contributed by atoms with Crippen molar-refractivity contribution in [2.45, 2.75) is 19.6 Å². The van der Waals surface area contributed by atoms with Crippen molar-refractivity contribution >= 4 is 27.5 Å². The predicted molar refractivity (Wildman–Crippen MR) is 162 cm³/mol. The number of aryl methyl sites for hydroxylation is 1. The summed E-state index contributed by atoms with van der Waals surface area (Å²) < 4.78 is 67.6. The van der Waals surface area contributed by atoms with E-state index >= 15 is 0 Å². The minimum Gasteiger partial charge on any atom is -0.322 e. The number of nitrogens with one attached hydrogen (secondary N) is 2. The summed E-state index contributed by atoms with van der Waals surface area (Å²) in [7, 11) is -3.73. The highest BCUT2D eigenvalue weighted by atomic mass is 32.2. The first kappa shape index (κ1) is 32.1. The molecule has 2 aromatic heterocycles. The van der Waals surface area contributed by atoms with E-state index in [4.69, 9.17) is 5.14 Å². The van der Waals surface area contributed by atoms with Crippen LogP contribution in [0.25, 0.3) is 5.65 Å². The lowest BCUT2D eigenvalue weighted by Crippen LogP contribution is -2.51. The summed E-state index contributed by atoms with van der Waals surface area (Å²) >= 11 is 0. The van der Waals surface area contributed by atoms with Crippen LogP contribution in [-0.4, -0.2) is 77.4 Å². The highest BCUT2D eigenvalue weighted by Gasteiger charge is 2.33. The quantitative estimate of drug-likeness (QED) is 0.199. The molecule has 0 spiro atoms. The number of hydrogen-bond donors (Lipinski definition) is 3. The van der Waals surface area contributed by atoms with E-state index in [1.807, 2.05) is 11.8 Å². The summed E-state index contributed by atoms with van der Waals surface area (Å²) in [6.07, 6.45) is -1.42. The number of fused-ring (bicyclic) bond motifs is 1. The minimum atomic E-state index is -4.64. The summed E-state index contributed by atoms with van der Waals surface area (Å²) in [5.74, 6) is 5.47. The fourth-order valence-corrected chi connectivity index (χ4v) is 5.56. The standard InChI is InChI=1S/C30H31F3N8O3S/c1-21-4-5-23(17-22(21)7-9-26-20-36-28-3-2-10-37-41(26)28)29(42)38-25-8-6-24(27(18-25)30(31,32)33)19-35-11-12-39-13-15-40(16-14-39)45(34,43)44/h2-6,8,10,17-18,20,35H,11-16,19H2,1H3,(H,38,42)(H2,34,43,44). The topological polar surface area (TPSA) is 138 Å². The van der Waals surface area contributed by atoms with E-state index in [1.54, 1.807) is 47.2 Å². The summed E-state index contributed by atoms with van der Waals surface area (Å²) in [5, 5.41) is 15.0. The summed E-state index contributed by atoms with van der Waals surface area (Å²) in [5.41, 5.74) is 2.04. The number of carbonyl (C=O) groups excluding carboxylic acids is 1. The number of aromatic nitrogens is 3. The molecule has 15 heteroatoms. The van der Waals surface area contributed by atoms with Crippen molar-refractivity contribution in [1.82, 2.24) is 29.1 Å². The molecule has 1 aliphatic rings. The second-order valence-corrected chi connectivity index (χ2v) is 12.0. The molecular formula is C30H31F3N8O3S. The van der Waals surface area contributed by atoms with Gasteiger partial charge in [0.1, 0.15) is 5.69 Å². The van der Waals surface area contributed by atoms with E-state index < -0.39 is 27.9 Å². The number of nitrogens with two attached hydrogens (primary N) is 1. The van der Waals surface area contributed by atoms with Gasteiger partial charge in [-0.2, -0.15) is 31.0 Å². The molecule has 0 unspecified atom stereocenters. The fourth-order valence-electron chi connectivity index (χ4n) is 4.89. The number of halogens is 3. The zero-order valence-corrected chi connectivity index (χ0v) is 25.1. The molecule has 0 radical (unpaired) electrons. The van der Waals surface area contributed by atoms with E-state index in [1.165, 1.54) is 16.4 Å². The number of carbonyl (C=O) groups is 1. The van der Waals surface area contributed by atoms with Gasteiger partial charge in [-0.25, -0.2) is 14.6 Å². The fraction of sp³-hybridized carbons (Fsp3) is 0.300. The Kier molecular flexibility index (Phi) is 9.51. The third kappa shape index (κ3) is 8.04. The smallest absolute Gasteiger partial charge is 0.322 e. The van der Waals surface area contributed by atoms with Gasteiger partial charge in [-0.05, 0) is 60.4 Å².